The highest BCUT2D eigenvalue weighted by molar-refractivity contribution is 5.76. The summed E-state index contributed by atoms with van der Waals surface area (Å²) in [6.07, 6.45) is 71.9. The van der Waals surface area contributed by atoms with E-state index in [4.69, 9.17) is 18.9 Å². The zero-order chi connectivity index (χ0) is 70.1. The van der Waals surface area contributed by atoms with Crippen LogP contribution in [-0.2, 0) is 23.7 Å². The SMILES string of the molecule is CCCCCCC/C=C\C/C=C\C/C=C\CCCCCCCCCCCCCCCCCCCCCCCCC(=O)NC(COC1OC(CO)C(OC2OC(CO)C(O)C(O)C2O)C(O)C1O)C(O)CCCCCCCCCCCCCCCCCCCCCCCCCCCC. The Morgan fingerprint density at radius 1 is 0.371 bits per heavy atom. The molecule has 572 valence electrons. The van der Waals surface area contributed by atoms with Crippen molar-refractivity contribution >= 4 is 5.91 Å². The number of amides is 1. The maximum Gasteiger partial charge on any atom is 0.220 e. The predicted molar refractivity (Wildman–Crippen MR) is 401 cm³/mol. The number of rotatable bonds is 71. The largest absolute Gasteiger partial charge is 0.394 e. The Kier molecular flexibility index (Phi) is 63.4. The molecule has 12 unspecified atom stereocenters. The van der Waals surface area contributed by atoms with Crippen molar-refractivity contribution in [3.8, 4) is 0 Å². The van der Waals surface area contributed by atoms with Crippen molar-refractivity contribution in [1.82, 2.24) is 5.32 Å². The molecule has 12 atom stereocenters. The first kappa shape index (κ1) is 91.3. The summed E-state index contributed by atoms with van der Waals surface area (Å²) in [5, 5.41) is 87.9. The molecule has 97 heavy (non-hydrogen) atoms. The highest BCUT2D eigenvalue weighted by Crippen LogP contribution is 2.31. The van der Waals surface area contributed by atoms with Crippen LogP contribution in [0.15, 0.2) is 36.5 Å². The standard InChI is InChI=1S/C83H157NO13/c1-3-5-7-9-11-13-15-17-19-21-23-25-27-29-31-32-33-34-35-36-37-38-39-40-41-43-45-47-49-51-53-55-57-59-61-63-65-67-75(88)84-71(70-94-82-80(93)78(91)81(74(69-86)96-82)97-83-79(92)77(90)76(89)73(68-85)95-83)72(87)66-64-62-60-58-56-54-52-50-48-46-44-42-30-28-26-24-22-20-18-16-14-12-10-8-6-4-2/h15,17,21,23,27,29,71-74,76-83,85-87,89-93H,3-14,16,18-20,22,24-26,28,30-70H2,1-2H3,(H,84,88)/b17-15-,23-21-,29-27-. The average molecular weight is 1380 g/mol. The van der Waals surface area contributed by atoms with Gasteiger partial charge in [0.05, 0.1) is 32.0 Å². The van der Waals surface area contributed by atoms with Crippen LogP contribution in [-0.4, -0.2) is 140 Å². The number of carbonyl (C=O) groups excluding carboxylic acids is 1. The zero-order valence-electron chi connectivity index (χ0n) is 62.9. The van der Waals surface area contributed by atoms with Gasteiger partial charge in [-0.3, -0.25) is 4.79 Å². The van der Waals surface area contributed by atoms with E-state index in [0.717, 1.165) is 64.2 Å². The minimum absolute atomic E-state index is 0.198. The summed E-state index contributed by atoms with van der Waals surface area (Å²) in [4.78, 5) is 13.4. The molecule has 0 aromatic carbocycles. The average Bonchev–Trinajstić information content (AvgIpc) is 0.794. The molecule has 2 rings (SSSR count). The molecule has 2 fully saturated rings. The van der Waals surface area contributed by atoms with Gasteiger partial charge in [0.1, 0.15) is 48.8 Å². The van der Waals surface area contributed by atoms with Crippen molar-refractivity contribution in [3.05, 3.63) is 36.5 Å². The van der Waals surface area contributed by atoms with E-state index < -0.39 is 86.8 Å². The van der Waals surface area contributed by atoms with Gasteiger partial charge in [0, 0.05) is 6.42 Å². The molecule has 2 saturated heterocycles. The van der Waals surface area contributed by atoms with E-state index >= 15 is 0 Å². The van der Waals surface area contributed by atoms with Crippen LogP contribution in [0.2, 0.25) is 0 Å². The highest BCUT2D eigenvalue weighted by atomic mass is 16.7. The Labute approximate surface area is 595 Å². The molecule has 2 aliphatic heterocycles. The summed E-state index contributed by atoms with van der Waals surface area (Å²) in [6, 6.07) is -0.829. The third kappa shape index (κ3) is 50.3. The van der Waals surface area contributed by atoms with Gasteiger partial charge in [-0.25, -0.2) is 0 Å². The Morgan fingerprint density at radius 3 is 1.04 bits per heavy atom. The molecular formula is C83H157NO13. The topological polar surface area (TPSA) is 228 Å². The number of nitrogens with one attached hydrogen (secondary N) is 1. The predicted octanol–water partition coefficient (Wildman–Crippen LogP) is 19.2. The fourth-order valence-electron chi connectivity index (χ4n) is 14.0. The van der Waals surface area contributed by atoms with Crippen LogP contribution < -0.4 is 5.32 Å². The molecule has 0 aliphatic carbocycles. The van der Waals surface area contributed by atoms with E-state index in [2.05, 4.69) is 55.6 Å². The van der Waals surface area contributed by atoms with Gasteiger partial charge >= 0.3 is 0 Å². The Morgan fingerprint density at radius 2 is 0.680 bits per heavy atom. The first-order chi connectivity index (χ1) is 47.6. The summed E-state index contributed by atoms with van der Waals surface area (Å²) in [5.74, 6) is -0.198. The van der Waals surface area contributed by atoms with Crippen molar-refractivity contribution in [2.24, 2.45) is 0 Å². The lowest BCUT2D eigenvalue weighted by atomic mass is 9.97. The highest BCUT2D eigenvalue weighted by Gasteiger charge is 2.51. The monoisotopic (exact) mass is 1380 g/mol. The fourth-order valence-corrected chi connectivity index (χ4v) is 14.0. The molecule has 14 nitrogen and oxygen atoms in total. The smallest absolute Gasteiger partial charge is 0.220 e. The molecule has 9 N–H and O–H groups in total. The second-order valence-corrected chi connectivity index (χ2v) is 29.6. The van der Waals surface area contributed by atoms with E-state index in [1.807, 2.05) is 0 Å². The van der Waals surface area contributed by atoms with E-state index in [1.54, 1.807) is 0 Å². The van der Waals surface area contributed by atoms with Crippen molar-refractivity contribution in [2.75, 3.05) is 19.8 Å². The number of ether oxygens (including phenoxy) is 4. The molecular weight excluding hydrogens is 1220 g/mol. The number of aliphatic hydroxyl groups is 8. The van der Waals surface area contributed by atoms with Crippen LogP contribution in [0.25, 0.3) is 0 Å². The van der Waals surface area contributed by atoms with Crippen molar-refractivity contribution in [1.29, 1.82) is 0 Å². The molecule has 14 heteroatoms. The first-order valence-corrected chi connectivity index (χ1v) is 41.7. The van der Waals surface area contributed by atoms with Crippen molar-refractivity contribution in [2.45, 2.75) is 466 Å². The van der Waals surface area contributed by atoms with Crippen LogP contribution in [0.1, 0.15) is 393 Å². The van der Waals surface area contributed by atoms with E-state index in [1.165, 1.54) is 302 Å². The van der Waals surface area contributed by atoms with Crippen LogP contribution >= 0.6 is 0 Å². The van der Waals surface area contributed by atoms with Crippen LogP contribution in [0, 0.1) is 0 Å². The molecule has 0 aromatic rings. The summed E-state index contributed by atoms with van der Waals surface area (Å²) >= 11 is 0. The van der Waals surface area contributed by atoms with Gasteiger partial charge in [-0.1, -0.05) is 371 Å². The van der Waals surface area contributed by atoms with Gasteiger partial charge in [-0.15, -0.1) is 0 Å². The fraction of sp³-hybridized carbons (Fsp3) is 0.916. The van der Waals surface area contributed by atoms with E-state index in [-0.39, 0.29) is 12.5 Å². The molecule has 0 aromatic heterocycles. The maximum absolute atomic E-state index is 13.4. The van der Waals surface area contributed by atoms with Crippen molar-refractivity contribution in [3.63, 3.8) is 0 Å². The van der Waals surface area contributed by atoms with Gasteiger partial charge in [0.15, 0.2) is 12.6 Å². The molecule has 0 radical (unpaired) electrons. The Bertz CT molecular complexity index is 1770. The number of carbonyl (C=O) groups is 1. The van der Waals surface area contributed by atoms with Crippen LogP contribution in [0.5, 0.6) is 0 Å². The maximum atomic E-state index is 13.4. The Balaban J connectivity index is 1.57. The van der Waals surface area contributed by atoms with E-state index in [9.17, 15) is 45.6 Å². The van der Waals surface area contributed by atoms with Gasteiger partial charge in [-0.2, -0.15) is 0 Å². The third-order valence-electron chi connectivity index (χ3n) is 20.6. The number of hydrogen-bond donors (Lipinski definition) is 9. The molecule has 2 heterocycles. The quantitative estimate of drug-likeness (QED) is 0.0204. The van der Waals surface area contributed by atoms with Crippen LogP contribution in [0.4, 0.5) is 0 Å². The Hall–Kier alpha value is -1.79. The lowest BCUT2D eigenvalue weighted by Gasteiger charge is -2.46. The number of unbranched alkanes of at least 4 members (excludes halogenated alkanes) is 52. The summed E-state index contributed by atoms with van der Waals surface area (Å²) in [7, 11) is 0. The van der Waals surface area contributed by atoms with Crippen LogP contribution in [0.3, 0.4) is 0 Å². The first-order valence-electron chi connectivity index (χ1n) is 41.7. The zero-order valence-corrected chi connectivity index (χ0v) is 62.9. The molecule has 0 bridgehead atoms. The number of allylic oxidation sites excluding steroid dienone is 6. The van der Waals surface area contributed by atoms with Gasteiger partial charge in [0.25, 0.3) is 0 Å². The lowest BCUT2D eigenvalue weighted by molar-refractivity contribution is -0.359. The minimum atomic E-state index is -1.78. The van der Waals surface area contributed by atoms with Crippen molar-refractivity contribution < 1.29 is 64.6 Å². The van der Waals surface area contributed by atoms with Gasteiger partial charge in [0.2, 0.25) is 5.91 Å². The summed E-state index contributed by atoms with van der Waals surface area (Å²) in [6.45, 7) is 2.92. The van der Waals surface area contributed by atoms with Gasteiger partial charge < -0.3 is 65.1 Å². The van der Waals surface area contributed by atoms with Gasteiger partial charge in [-0.05, 0) is 51.4 Å². The third-order valence-corrected chi connectivity index (χ3v) is 20.6. The normalized spacial score (nSPS) is 22.2. The lowest BCUT2D eigenvalue weighted by Crippen LogP contribution is -2.65. The minimum Gasteiger partial charge on any atom is -0.394 e. The summed E-state index contributed by atoms with van der Waals surface area (Å²) < 4.78 is 23.0. The second-order valence-electron chi connectivity index (χ2n) is 29.6. The summed E-state index contributed by atoms with van der Waals surface area (Å²) in [5.41, 5.74) is 0. The number of aliphatic hydroxyl groups excluding tert-OH is 8. The molecule has 0 saturated carbocycles. The second kappa shape index (κ2) is 67.4. The molecule has 1 amide bonds. The van der Waals surface area contributed by atoms with E-state index in [0.29, 0.717) is 12.8 Å². The molecule has 0 spiro atoms. The number of hydrogen-bond acceptors (Lipinski definition) is 13. The molecule has 2 aliphatic rings.